The molecule has 1 aromatic carbocycles. The van der Waals surface area contributed by atoms with Gasteiger partial charge in [0.25, 0.3) is 5.69 Å². The molecule has 7 nitrogen and oxygen atoms in total. The van der Waals surface area contributed by atoms with E-state index < -0.39 is 10.9 Å². The lowest BCUT2D eigenvalue weighted by Crippen LogP contribution is -2.34. The van der Waals surface area contributed by atoms with Crippen LogP contribution >= 0.6 is 0 Å². The summed E-state index contributed by atoms with van der Waals surface area (Å²) in [5, 5.41) is 19.8. The topological polar surface area (TPSA) is 92.9 Å². The number of nitro groups is 1. The van der Waals surface area contributed by atoms with E-state index in [9.17, 15) is 14.9 Å². The Bertz CT molecular complexity index is 504. The highest BCUT2D eigenvalue weighted by molar-refractivity contribution is 5.69. The number of aliphatic carboxylic acids is 1. The lowest BCUT2D eigenvalue weighted by atomic mass is 10.1. The van der Waals surface area contributed by atoms with Gasteiger partial charge in [-0.15, -0.1) is 0 Å². The van der Waals surface area contributed by atoms with E-state index in [1.54, 1.807) is 17.9 Å². The van der Waals surface area contributed by atoms with Gasteiger partial charge in [0, 0.05) is 30.4 Å². The zero-order valence-electron chi connectivity index (χ0n) is 11.7. The van der Waals surface area contributed by atoms with Crippen molar-refractivity contribution in [2.24, 2.45) is 0 Å². The SMILES string of the molecule is CCN(c1cc(OC)cc([N+](=O)[O-])c1)C(C)CC(=O)O. The second kappa shape index (κ2) is 6.74. The third kappa shape index (κ3) is 3.84. The Labute approximate surface area is 116 Å². The summed E-state index contributed by atoms with van der Waals surface area (Å²) in [5.74, 6) is -0.538. The van der Waals surface area contributed by atoms with Crippen molar-refractivity contribution in [3.05, 3.63) is 28.3 Å². The summed E-state index contributed by atoms with van der Waals surface area (Å²) in [6, 6.07) is 4.14. The summed E-state index contributed by atoms with van der Waals surface area (Å²) in [6.07, 6.45) is -0.0428. The van der Waals surface area contributed by atoms with Gasteiger partial charge in [-0.1, -0.05) is 0 Å². The van der Waals surface area contributed by atoms with Crippen LogP contribution in [-0.4, -0.2) is 35.7 Å². The number of non-ortho nitro benzene ring substituents is 1. The third-order valence-corrected chi connectivity index (χ3v) is 3.00. The van der Waals surface area contributed by atoms with Crippen LogP contribution in [0.25, 0.3) is 0 Å². The minimum absolute atomic E-state index is 0.0428. The first-order valence-corrected chi connectivity index (χ1v) is 6.21. The number of hydrogen-bond donors (Lipinski definition) is 1. The van der Waals surface area contributed by atoms with Crippen molar-refractivity contribution in [3.63, 3.8) is 0 Å². The fourth-order valence-electron chi connectivity index (χ4n) is 2.07. The molecule has 20 heavy (non-hydrogen) atoms. The van der Waals surface area contributed by atoms with Gasteiger partial charge in [-0.2, -0.15) is 0 Å². The number of methoxy groups -OCH3 is 1. The molecule has 0 aliphatic carbocycles. The number of benzene rings is 1. The van der Waals surface area contributed by atoms with Gasteiger partial charge in [0.2, 0.25) is 0 Å². The summed E-state index contributed by atoms with van der Waals surface area (Å²) in [6.45, 7) is 4.17. The summed E-state index contributed by atoms with van der Waals surface area (Å²) >= 11 is 0. The molecular weight excluding hydrogens is 264 g/mol. The predicted molar refractivity (Wildman–Crippen MR) is 74.4 cm³/mol. The molecule has 1 N–H and O–H groups in total. The Morgan fingerprint density at radius 2 is 2.15 bits per heavy atom. The molecule has 0 spiro atoms. The minimum Gasteiger partial charge on any atom is -0.496 e. The molecule has 110 valence electrons. The Morgan fingerprint density at radius 1 is 1.50 bits per heavy atom. The van der Waals surface area contributed by atoms with Crippen molar-refractivity contribution in [1.29, 1.82) is 0 Å². The number of nitro benzene ring substituents is 1. The summed E-state index contributed by atoms with van der Waals surface area (Å²) in [5.41, 5.74) is 0.493. The van der Waals surface area contributed by atoms with E-state index in [2.05, 4.69) is 0 Å². The number of carboxylic acids is 1. The maximum Gasteiger partial charge on any atom is 0.305 e. The van der Waals surface area contributed by atoms with Gasteiger partial charge in [0.05, 0.1) is 24.5 Å². The highest BCUT2D eigenvalue weighted by atomic mass is 16.6. The van der Waals surface area contributed by atoms with Crippen LogP contribution in [-0.2, 0) is 4.79 Å². The van der Waals surface area contributed by atoms with Crippen LogP contribution in [0, 0.1) is 10.1 Å². The molecule has 1 rings (SSSR count). The highest BCUT2D eigenvalue weighted by Gasteiger charge is 2.19. The van der Waals surface area contributed by atoms with Crippen LogP contribution in [0.1, 0.15) is 20.3 Å². The van der Waals surface area contributed by atoms with Crippen LogP contribution in [0.2, 0.25) is 0 Å². The first kappa shape index (κ1) is 15.7. The van der Waals surface area contributed by atoms with Crippen LogP contribution in [0.3, 0.4) is 0 Å². The minimum atomic E-state index is -0.909. The number of carboxylic acid groups (broad SMARTS) is 1. The van der Waals surface area contributed by atoms with Crippen LogP contribution in [0.15, 0.2) is 18.2 Å². The van der Waals surface area contributed by atoms with Crippen LogP contribution < -0.4 is 9.64 Å². The first-order valence-electron chi connectivity index (χ1n) is 6.21. The van der Waals surface area contributed by atoms with Crippen LogP contribution in [0.5, 0.6) is 5.75 Å². The molecule has 0 radical (unpaired) electrons. The summed E-state index contributed by atoms with van der Waals surface area (Å²) < 4.78 is 5.05. The number of hydrogen-bond acceptors (Lipinski definition) is 5. The van der Waals surface area contributed by atoms with Gasteiger partial charge in [-0.3, -0.25) is 14.9 Å². The van der Waals surface area contributed by atoms with Crippen molar-refractivity contribution < 1.29 is 19.6 Å². The molecule has 1 aromatic rings. The molecule has 0 saturated carbocycles. The van der Waals surface area contributed by atoms with Gasteiger partial charge in [0.1, 0.15) is 5.75 Å². The fraction of sp³-hybridized carbons (Fsp3) is 0.462. The predicted octanol–water partition coefficient (Wildman–Crippen LogP) is 2.29. The molecular formula is C13H18N2O5. The quantitative estimate of drug-likeness (QED) is 0.609. The van der Waals surface area contributed by atoms with E-state index in [0.29, 0.717) is 18.0 Å². The molecule has 0 aliphatic rings. The van der Waals surface area contributed by atoms with E-state index >= 15 is 0 Å². The highest BCUT2D eigenvalue weighted by Crippen LogP contribution is 2.29. The molecule has 0 heterocycles. The van der Waals surface area contributed by atoms with E-state index in [4.69, 9.17) is 9.84 Å². The molecule has 0 aliphatic heterocycles. The molecule has 0 saturated heterocycles. The molecule has 1 atom stereocenters. The average Bonchev–Trinajstić information content (AvgIpc) is 2.38. The number of nitrogens with zero attached hydrogens (tertiary/aromatic N) is 2. The fourth-order valence-corrected chi connectivity index (χ4v) is 2.07. The third-order valence-electron chi connectivity index (χ3n) is 3.00. The van der Waals surface area contributed by atoms with Crippen molar-refractivity contribution in [2.45, 2.75) is 26.3 Å². The van der Waals surface area contributed by atoms with E-state index in [0.717, 1.165) is 0 Å². The number of carbonyl (C=O) groups is 1. The van der Waals surface area contributed by atoms with Gasteiger partial charge in [0.15, 0.2) is 0 Å². The Balaban J connectivity index is 3.16. The Kier molecular flexibility index (Phi) is 5.31. The Morgan fingerprint density at radius 3 is 2.60 bits per heavy atom. The zero-order chi connectivity index (χ0) is 15.3. The van der Waals surface area contributed by atoms with Gasteiger partial charge < -0.3 is 14.7 Å². The smallest absolute Gasteiger partial charge is 0.305 e. The lowest BCUT2D eigenvalue weighted by Gasteiger charge is -2.29. The monoisotopic (exact) mass is 282 g/mol. The molecule has 7 heteroatoms. The largest absolute Gasteiger partial charge is 0.496 e. The average molecular weight is 282 g/mol. The molecule has 0 bridgehead atoms. The zero-order valence-corrected chi connectivity index (χ0v) is 11.7. The molecule has 0 aromatic heterocycles. The lowest BCUT2D eigenvalue weighted by molar-refractivity contribution is -0.384. The second-order valence-electron chi connectivity index (χ2n) is 4.38. The summed E-state index contributed by atoms with van der Waals surface area (Å²) in [4.78, 5) is 23.0. The van der Waals surface area contributed by atoms with Crippen molar-refractivity contribution in [1.82, 2.24) is 0 Å². The Hall–Kier alpha value is -2.31. The van der Waals surface area contributed by atoms with E-state index in [1.165, 1.54) is 19.2 Å². The number of rotatable bonds is 7. The standard InChI is InChI=1S/C13H18N2O5/c1-4-14(9(2)5-13(16)17)10-6-11(15(18)19)8-12(7-10)20-3/h6-9H,4-5H2,1-3H3,(H,16,17). The maximum atomic E-state index is 10.9. The van der Waals surface area contributed by atoms with Crippen LogP contribution in [0.4, 0.5) is 11.4 Å². The molecule has 1 unspecified atom stereocenters. The van der Waals surface area contributed by atoms with Gasteiger partial charge >= 0.3 is 5.97 Å². The van der Waals surface area contributed by atoms with Crippen molar-refractivity contribution >= 4 is 17.3 Å². The van der Waals surface area contributed by atoms with E-state index in [-0.39, 0.29) is 18.2 Å². The first-order chi connectivity index (χ1) is 9.38. The van der Waals surface area contributed by atoms with Gasteiger partial charge in [-0.05, 0) is 13.8 Å². The van der Waals surface area contributed by atoms with Crippen molar-refractivity contribution in [2.75, 3.05) is 18.6 Å². The summed E-state index contributed by atoms with van der Waals surface area (Å²) in [7, 11) is 1.43. The number of ether oxygens (including phenoxy) is 1. The number of anilines is 1. The second-order valence-corrected chi connectivity index (χ2v) is 4.38. The van der Waals surface area contributed by atoms with Crippen molar-refractivity contribution in [3.8, 4) is 5.75 Å². The normalized spacial score (nSPS) is 11.8. The van der Waals surface area contributed by atoms with Gasteiger partial charge in [-0.25, -0.2) is 0 Å². The maximum absolute atomic E-state index is 10.9. The molecule has 0 fully saturated rings. The van der Waals surface area contributed by atoms with E-state index in [1.807, 2.05) is 6.92 Å². The molecule has 0 amide bonds.